The van der Waals surface area contributed by atoms with Gasteiger partial charge in [-0.25, -0.2) is 17.7 Å². The summed E-state index contributed by atoms with van der Waals surface area (Å²) in [6.45, 7) is 0. The van der Waals surface area contributed by atoms with E-state index in [4.69, 9.17) is 11.6 Å². The van der Waals surface area contributed by atoms with Crippen molar-refractivity contribution in [2.75, 3.05) is 14.1 Å². The number of thiophene rings is 1. The van der Waals surface area contributed by atoms with E-state index in [9.17, 15) is 18.0 Å². The van der Waals surface area contributed by atoms with E-state index in [0.717, 1.165) is 14.2 Å². The summed E-state index contributed by atoms with van der Waals surface area (Å²) in [6, 6.07) is 9.20. The van der Waals surface area contributed by atoms with Gasteiger partial charge in [-0.2, -0.15) is 0 Å². The summed E-state index contributed by atoms with van der Waals surface area (Å²) in [7, 11) is -0.869. The normalized spacial score (nSPS) is 11.5. The molecule has 0 saturated heterocycles. The minimum Gasteiger partial charge on any atom is -0.273 e. The van der Waals surface area contributed by atoms with Crippen LogP contribution in [-0.2, 0) is 21.2 Å². The standard InChI is InChI=1S/C18H17ClN4O4S3/c1-23(2)30(26,27)13-5-3-4-11(8-13)17(25)22-21-16(24)9-12-10-28-18(20-12)14-6-7-15(19)29-14/h3-8,10H,9H2,1-2H3,(H,21,24)(H,22,25). The first kappa shape index (κ1) is 22.4. The fourth-order valence-corrected chi connectivity index (χ4v) is 5.23. The number of carbonyl (C=O) groups is 2. The Balaban J connectivity index is 1.59. The molecule has 30 heavy (non-hydrogen) atoms. The molecule has 3 rings (SSSR count). The van der Waals surface area contributed by atoms with E-state index in [1.807, 2.05) is 6.07 Å². The number of rotatable bonds is 6. The van der Waals surface area contributed by atoms with Gasteiger partial charge in [0.15, 0.2) is 0 Å². The van der Waals surface area contributed by atoms with Crippen LogP contribution >= 0.6 is 34.3 Å². The number of hydrogen-bond donors (Lipinski definition) is 2. The van der Waals surface area contributed by atoms with Crippen molar-refractivity contribution in [2.24, 2.45) is 0 Å². The molecule has 0 unspecified atom stereocenters. The number of nitrogens with one attached hydrogen (secondary N) is 2. The van der Waals surface area contributed by atoms with Gasteiger partial charge in [-0.3, -0.25) is 20.4 Å². The highest BCUT2D eigenvalue weighted by Gasteiger charge is 2.19. The van der Waals surface area contributed by atoms with Crippen LogP contribution in [0.4, 0.5) is 0 Å². The lowest BCUT2D eigenvalue weighted by Crippen LogP contribution is -2.42. The lowest BCUT2D eigenvalue weighted by atomic mass is 10.2. The van der Waals surface area contributed by atoms with Crippen molar-refractivity contribution in [2.45, 2.75) is 11.3 Å². The predicted octanol–water partition coefficient (Wildman–Crippen LogP) is 2.78. The van der Waals surface area contributed by atoms with E-state index in [0.29, 0.717) is 10.0 Å². The number of nitrogens with zero attached hydrogens (tertiary/aromatic N) is 2. The van der Waals surface area contributed by atoms with Crippen molar-refractivity contribution >= 4 is 56.1 Å². The second-order valence-electron chi connectivity index (χ2n) is 6.24. The molecule has 2 heterocycles. The van der Waals surface area contributed by atoms with Gasteiger partial charge in [0.1, 0.15) is 5.01 Å². The highest BCUT2D eigenvalue weighted by Crippen LogP contribution is 2.32. The molecule has 2 amide bonds. The quantitative estimate of drug-likeness (QED) is 0.523. The molecule has 0 fully saturated rings. The summed E-state index contributed by atoms with van der Waals surface area (Å²) in [5, 5.41) is 2.53. The molecule has 0 spiro atoms. The molecule has 158 valence electrons. The number of halogens is 1. The van der Waals surface area contributed by atoms with Crippen molar-refractivity contribution < 1.29 is 18.0 Å². The molecule has 0 aliphatic rings. The number of hydrogen-bond acceptors (Lipinski definition) is 7. The lowest BCUT2D eigenvalue weighted by molar-refractivity contribution is -0.121. The van der Waals surface area contributed by atoms with Crippen LogP contribution in [0.25, 0.3) is 9.88 Å². The van der Waals surface area contributed by atoms with Gasteiger partial charge in [0.05, 0.1) is 26.2 Å². The summed E-state index contributed by atoms with van der Waals surface area (Å²) >= 11 is 8.73. The van der Waals surface area contributed by atoms with Crippen molar-refractivity contribution in [3.05, 3.63) is 57.4 Å². The van der Waals surface area contributed by atoms with E-state index < -0.39 is 21.8 Å². The zero-order valence-corrected chi connectivity index (χ0v) is 19.1. The van der Waals surface area contributed by atoms with Crippen molar-refractivity contribution in [3.8, 4) is 9.88 Å². The molecule has 0 aliphatic heterocycles. The van der Waals surface area contributed by atoms with Crippen LogP contribution in [0.15, 0.2) is 46.7 Å². The molecule has 1 aromatic carbocycles. The maximum absolute atomic E-state index is 12.3. The van der Waals surface area contributed by atoms with Gasteiger partial charge in [-0.15, -0.1) is 22.7 Å². The van der Waals surface area contributed by atoms with E-state index in [1.165, 1.54) is 61.0 Å². The first-order valence-corrected chi connectivity index (χ1v) is 12.0. The molecule has 12 heteroatoms. The molecule has 8 nitrogen and oxygen atoms in total. The van der Waals surface area contributed by atoms with Crippen LogP contribution < -0.4 is 10.9 Å². The van der Waals surface area contributed by atoms with Crippen LogP contribution in [-0.4, -0.2) is 43.6 Å². The minimum absolute atomic E-state index is 0.0184. The Labute approximate surface area is 186 Å². The highest BCUT2D eigenvalue weighted by molar-refractivity contribution is 7.89. The van der Waals surface area contributed by atoms with Gasteiger partial charge >= 0.3 is 0 Å². The monoisotopic (exact) mass is 484 g/mol. The molecule has 0 radical (unpaired) electrons. The molecule has 3 aromatic rings. The highest BCUT2D eigenvalue weighted by atomic mass is 35.5. The van der Waals surface area contributed by atoms with Gasteiger partial charge in [0, 0.05) is 25.0 Å². The number of amides is 2. The topological polar surface area (TPSA) is 108 Å². The average molecular weight is 485 g/mol. The second-order valence-corrected chi connectivity index (χ2v) is 11.0. The number of carbonyl (C=O) groups excluding carboxylic acids is 2. The number of aromatic nitrogens is 1. The second kappa shape index (κ2) is 9.23. The fraction of sp³-hybridized carbons (Fsp3) is 0.167. The van der Waals surface area contributed by atoms with Gasteiger partial charge in [-0.1, -0.05) is 17.7 Å². The van der Waals surface area contributed by atoms with Crippen LogP contribution in [0.5, 0.6) is 0 Å². The largest absolute Gasteiger partial charge is 0.273 e. The lowest BCUT2D eigenvalue weighted by Gasteiger charge is -2.12. The zero-order valence-electron chi connectivity index (χ0n) is 15.9. The summed E-state index contributed by atoms with van der Waals surface area (Å²) in [4.78, 5) is 29.7. The van der Waals surface area contributed by atoms with E-state index in [-0.39, 0.29) is 16.9 Å². The Morgan fingerprint density at radius 1 is 1.17 bits per heavy atom. The Morgan fingerprint density at radius 2 is 1.93 bits per heavy atom. The predicted molar refractivity (Wildman–Crippen MR) is 117 cm³/mol. The third-order valence-electron chi connectivity index (χ3n) is 3.87. The van der Waals surface area contributed by atoms with Gasteiger partial charge in [-0.05, 0) is 30.3 Å². The number of hydrazine groups is 1. The smallest absolute Gasteiger partial charge is 0.269 e. The third kappa shape index (κ3) is 5.24. The molecular formula is C18H17ClN4O4S3. The number of benzene rings is 1. The maximum atomic E-state index is 12.3. The molecule has 0 bridgehead atoms. The van der Waals surface area contributed by atoms with E-state index in [1.54, 1.807) is 11.4 Å². The van der Waals surface area contributed by atoms with Crippen LogP contribution in [0.1, 0.15) is 16.1 Å². The molecule has 0 saturated carbocycles. The molecule has 0 aliphatic carbocycles. The van der Waals surface area contributed by atoms with E-state index >= 15 is 0 Å². The van der Waals surface area contributed by atoms with Crippen LogP contribution in [0.2, 0.25) is 4.34 Å². The van der Waals surface area contributed by atoms with E-state index in [2.05, 4.69) is 15.8 Å². The summed E-state index contributed by atoms with van der Waals surface area (Å²) in [5.41, 5.74) is 5.25. The zero-order chi connectivity index (χ0) is 21.9. The Morgan fingerprint density at radius 3 is 2.60 bits per heavy atom. The van der Waals surface area contributed by atoms with Crippen molar-refractivity contribution in [1.82, 2.24) is 20.1 Å². The Hall–Kier alpha value is -2.31. The fourth-order valence-electron chi connectivity index (χ4n) is 2.35. The molecule has 2 N–H and O–H groups in total. The average Bonchev–Trinajstić information content (AvgIpc) is 3.35. The summed E-state index contributed by atoms with van der Waals surface area (Å²) in [5.74, 6) is -1.09. The number of thiazole rings is 1. The van der Waals surface area contributed by atoms with Crippen molar-refractivity contribution in [1.29, 1.82) is 0 Å². The number of sulfonamides is 1. The summed E-state index contributed by atoms with van der Waals surface area (Å²) in [6.07, 6.45) is -0.0229. The van der Waals surface area contributed by atoms with Gasteiger partial charge in [0.2, 0.25) is 15.9 Å². The first-order chi connectivity index (χ1) is 14.2. The Bertz CT molecular complexity index is 1190. The van der Waals surface area contributed by atoms with Crippen LogP contribution in [0, 0.1) is 0 Å². The van der Waals surface area contributed by atoms with Crippen molar-refractivity contribution in [3.63, 3.8) is 0 Å². The van der Waals surface area contributed by atoms with Crippen LogP contribution in [0.3, 0.4) is 0 Å². The molecule has 0 atom stereocenters. The maximum Gasteiger partial charge on any atom is 0.269 e. The SMILES string of the molecule is CN(C)S(=O)(=O)c1cccc(C(=O)NNC(=O)Cc2csc(-c3ccc(Cl)s3)n2)c1. The molecular weight excluding hydrogens is 468 g/mol. The third-order valence-corrected chi connectivity index (χ3v) is 7.97. The van der Waals surface area contributed by atoms with Gasteiger partial charge < -0.3 is 0 Å². The Kier molecular flexibility index (Phi) is 6.88. The molecule has 2 aromatic heterocycles. The first-order valence-electron chi connectivity index (χ1n) is 8.48. The summed E-state index contributed by atoms with van der Waals surface area (Å²) < 4.78 is 26.1. The van der Waals surface area contributed by atoms with Gasteiger partial charge in [0.25, 0.3) is 5.91 Å². The minimum atomic E-state index is -3.67.